The van der Waals surface area contributed by atoms with Gasteiger partial charge in [-0.3, -0.25) is 4.79 Å². The standard InChI is InChI=1S/C16H18F3N3OS/c1-9-7-13(23)22(15-20-8-10(2)24-15)14(21-9)11-3-5-12(6-4-11)16(17,18)19/h7-8,11-12H,3-6H2,1-2H3/t11-,12+. The lowest BCUT2D eigenvalue weighted by Crippen LogP contribution is -2.30. The van der Waals surface area contributed by atoms with E-state index in [1.54, 1.807) is 13.1 Å². The monoisotopic (exact) mass is 357 g/mol. The van der Waals surface area contributed by atoms with E-state index in [1.165, 1.54) is 22.0 Å². The summed E-state index contributed by atoms with van der Waals surface area (Å²) in [7, 11) is 0. The van der Waals surface area contributed by atoms with E-state index in [0.29, 0.717) is 29.5 Å². The molecule has 1 saturated carbocycles. The van der Waals surface area contributed by atoms with Crippen molar-refractivity contribution in [2.75, 3.05) is 0 Å². The van der Waals surface area contributed by atoms with Crippen molar-refractivity contribution in [1.29, 1.82) is 0 Å². The van der Waals surface area contributed by atoms with Crippen molar-refractivity contribution in [3.63, 3.8) is 0 Å². The van der Waals surface area contributed by atoms with Crippen LogP contribution in [0, 0.1) is 19.8 Å². The molecule has 0 atom stereocenters. The molecule has 0 spiro atoms. The molecule has 1 aliphatic carbocycles. The van der Waals surface area contributed by atoms with Gasteiger partial charge in [-0.15, -0.1) is 11.3 Å². The van der Waals surface area contributed by atoms with E-state index in [-0.39, 0.29) is 24.3 Å². The van der Waals surface area contributed by atoms with E-state index < -0.39 is 12.1 Å². The Labute approximate surface area is 141 Å². The highest BCUT2D eigenvalue weighted by Crippen LogP contribution is 2.42. The average Bonchev–Trinajstić information content (AvgIpc) is 2.92. The first-order valence-corrected chi connectivity index (χ1v) is 8.67. The largest absolute Gasteiger partial charge is 0.391 e. The molecule has 0 bridgehead atoms. The number of thiazole rings is 1. The molecule has 4 nitrogen and oxygen atoms in total. The number of nitrogens with zero attached hydrogens (tertiary/aromatic N) is 3. The molecule has 1 aliphatic rings. The number of aromatic nitrogens is 3. The molecule has 0 radical (unpaired) electrons. The molecular formula is C16H18F3N3OS. The Morgan fingerprint density at radius 1 is 1.21 bits per heavy atom. The van der Waals surface area contributed by atoms with Crippen LogP contribution < -0.4 is 5.56 Å². The molecule has 8 heteroatoms. The van der Waals surface area contributed by atoms with Crippen LogP contribution in [-0.4, -0.2) is 20.7 Å². The van der Waals surface area contributed by atoms with E-state index >= 15 is 0 Å². The van der Waals surface area contributed by atoms with Crippen LogP contribution in [0.4, 0.5) is 13.2 Å². The molecule has 2 aromatic heterocycles. The van der Waals surface area contributed by atoms with Gasteiger partial charge in [0.25, 0.3) is 5.56 Å². The Hall–Kier alpha value is -1.70. The summed E-state index contributed by atoms with van der Waals surface area (Å²) < 4.78 is 40.1. The van der Waals surface area contributed by atoms with Crippen LogP contribution >= 0.6 is 11.3 Å². The highest BCUT2D eigenvalue weighted by molar-refractivity contribution is 7.14. The first-order chi connectivity index (χ1) is 11.3. The van der Waals surface area contributed by atoms with Crippen molar-refractivity contribution in [1.82, 2.24) is 14.5 Å². The van der Waals surface area contributed by atoms with Crippen molar-refractivity contribution in [2.45, 2.75) is 51.6 Å². The molecule has 0 N–H and O–H groups in total. The first kappa shape index (κ1) is 17.1. The molecule has 0 saturated heterocycles. The summed E-state index contributed by atoms with van der Waals surface area (Å²) in [4.78, 5) is 22.1. The van der Waals surface area contributed by atoms with Crippen LogP contribution in [-0.2, 0) is 0 Å². The van der Waals surface area contributed by atoms with E-state index in [1.807, 2.05) is 6.92 Å². The molecular weight excluding hydrogens is 339 g/mol. The van der Waals surface area contributed by atoms with Gasteiger partial charge in [0.15, 0.2) is 5.13 Å². The number of aryl methyl sites for hydroxylation is 2. The Bertz CT molecular complexity index is 789. The second kappa shape index (κ2) is 6.31. The van der Waals surface area contributed by atoms with Crippen molar-refractivity contribution < 1.29 is 13.2 Å². The fourth-order valence-electron chi connectivity index (χ4n) is 3.21. The topological polar surface area (TPSA) is 47.8 Å². The van der Waals surface area contributed by atoms with E-state index in [0.717, 1.165) is 4.88 Å². The third-order valence-electron chi connectivity index (χ3n) is 4.43. The van der Waals surface area contributed by atoms with Crippen LogP contribution in [0.1, 0.15) is 48.0 Å². The number of hydrogen-bond acceptors (Lipinski definition) is 4. The number of halogens is 3. The van der Waals surface area contributed by atoms with Crippen LogP contribution in [0.5, 0.6) is 0 Å². The van der Waals surface area contributed by atoms with Gasteiger partial charge < -0.3 is 0 Å². The number of hydrogen-bond donors (Lipinski definition) is 0. The van der Waals surface area contributed by atoms with E-state index in [2.05, 4.69) is 9.97 Å². The van der Waals surface area contributed by atoms with Gasteiger partial charge in [0, 0.05) is 28.8 Å². The normalized spacial score (nSPS) is 21.9. The number of rotatable bonds is 2. The highest BCUT2D eigenvalue weighted by atomic mass is 32.1. The predicted octanol–water partition coefficient (Wildman–Crippen LogP) is 4.14. The minimum absolute atomic E-state index is 0.0782. The van der Waals surface area contributed by atoms with Crippen molar-refractivity contribution >= 4 is 11.3 Å². The van der Waals surface area contributed by atoms with Gasteiger partial charge in [0.2, 0.25) is 0 Å². The quantitative estimate of drug-likeness (QED) is 0.811. The molecule has 24 heavy (non-hydrogen) atoms. The zero-order chi connectivity index (χ0) is 17.5. The minimum Gasteiger partial charge on any atom is -0.269 e. The maximum Gasteiger partial charge on any atom is 0.391 e. The molecule has 0 amide bonds. The summed E-state index contributed by atoms with van der Waals surface area (Å²) in [6.45, 7) is 3.62. The molecule has 2 heterocycles. The lowest BCUT2D eigenvalue weighted by molar-refractivity contribution is -0.182. The third kappa shape index (κ3) is 3.38. The fourth-order valence-corrected chi connectivity index (χ4v) is 3.98. The second-order valence-electron chi connectivity index (χ2n) is 6.27. The van der Waals surface area contributed by atoms with Crippen molar-refractivity contribution in [2.24, 2.45) is 5.92 Å². The molecule has 2 aromatic rings. The molecule has 0 aromatic carbocycles. The molecule has 130 valence electrons. The van der Waals surface area contributed by atoms with Crippen LogP contribution in [0.3, 0.4) is 0 Å². The zero-order valence-corrected chi connectivity index (χ0v) is 14.2. The van der Waals surface area contributed by atoms with Gasteiger partial charge in [-0.1, -0.05) is 0 Å². The van der Waals surface area contributed by atoms with Crippen LogP contribution in [0.2, 0.25) is 0 Å². The highest BCUT2D eigenvalue weighted by Gasteiger charge is 2.42. The van der Waals surface area contributed by atoms with Crippen molar-refractivity contribution in [3.05, 3.63) is 39.0 Å². The maximum atomic E-state index is 12.9. The van der Waals surface area contributed by atoms with E-state index in [9.17, 15) is 18.0 Å². The zero-order valence-electron chi connectivity index (χ0n) is 13.4. The Kier molecular flexibility index (Phi) is 4.50. The molecule has 1 fully saturated rings. The van der Waals surface area contributed by atoms with Crippen molar-refractivity contribution in [3.8, 4) is 5.13 Å². The predicted molar refractivity (Wildman–Crippen MR) is 85.7 cm³/mol. The van der Waals surface area contributed by atoms with Gasteiger partial charge in [0.05, 0.1) is 5.92 Å². The molecule has 0 unspecified atom stereocenters. The number of alkyl halides is 3. The van der Waals surface area contributed by atoms with Gasteiger partial charge >= 0.3 is 6.18 Å². The van der Waals surface area contributed by atoms with Crippen LogP contribution in [0.25, 0.3) is 5.13 Å². The minimum atomic E-state index is -4.14. The van der Waals surface area contributed by atoms with Gasteiger partial charge in [-0.2, -0.15) is 13.2 Å². The molecule has 3 rings (SSSR count). The summed E-state index contributed by atoms with van der Waals surface area (Å²) in [6, 6.07) is 1.43. The Morgan fingerprint density at radius 3 is 2.42 bits per heavy atom. The summed E-state index contributed by atoms with van der Waals surface area (Å²) in [5.74, 6) is -0.865. The maximum absolute atomic E-state index is 12.9. The van der Waals surface area contributed by atoms with E-state index in [4.69, 9.17) is 0 Å². The smallest absolute Gasteiger partial charge is 0.269 e. The summed E-state index contributed by atoms with van der Waals surface area (Å²) in [5, 5.41) is 0.526. The first-order valence-electron chi connectivity index (χ1n) is 7.86. The van der Waals surface area contributed by atoms with Gasteiger partial charge in [-0.25, -0.2) is 14.5 Å². The molecule has 0 aliphatic heterocycles. The third-order valence-corrected chi connectivity index (χ3v) is 5.33. The fraction of sp³-hybridized carbons (Fsp3) is 0.562. The Morgan fingerprint density at radius 2 is 1.88 bits per heavy atom. The Balaban J connectivity index is 1.95. The summed E-state index contributed by atoms with van der Waals surface area (Å²) in [6.07, 6.45) is -1.55. The van der Waals surface area contributed by atoms with Gasteiger partial charge in [0.1, 0.15) is 5.82 Å². The lowest BCUT2D eigenvalue weighted by atomic mass is 9.81. The summed E-state index contributed by atoms with van der Waals surface area (Å²) >= 11 is 1.38. The van der Waals surface area contributed by atoms with Gasteiger partial charge in [-0.05, 0) is 39.5 Å². The SMILES string of the molecule is Cc1cc(=O)n(-c2ncc(C)s2)c([C@H]2CC[C@@H](C(F)(F)F)CC2)n1. The summed E-state index contributed by atoms with van der Waals surface area (Å²) in [5.41, 5.74) is 0.349. The van der Waals surface area contributed by atoms with Crippen LogP contribution in [0.15, 0.2) is 17.1 Å². The second-order valence-corrected chi connectivity index (χ2v) is 7.49. The lowest BCUT2D eigenvalue weighted by Gasteiger charge is -2.30. The average molecular weight is 357 g/mol.